The molecule has 2 rings (SSSR count). The van der Waals surface area contributed by atoms with Crippen molar-refractivity contribution in [3.8, 4) is 0 Å². The molecule has 0 bridgehead atoms. The molecule has 1 fully saturated rings. The van der Waals surface area contributed by atoms with Gasteiger partial charge < -0.3 is 19.5 Å². The summed E-state index contributed by atoms with van der Waals surface area (Å²) in [7, 11) is 1.64. The molecule has 0 amide bonds. The van der Waals surface area contributed by atoms with Crippen molar-refractivity contribution >= 4 is 17.7 Å². The summed E-state index contributed by atoms with van der Waals surface area (Å²) in [6.07, 6.45) is 3.84. The molecule has 0 unspecified atom stereocenters. The summed E-state index contributed by atoms with van der Waals surface area (Å²) < 4.78 is 10.6. The van der Waals surface area contributed by atoms with E-state index in [1.807, 2.05) is 17.2 Å². The number of aliphatic hydroxyl groups is 1. The predicted molar refractivity (Wildman–Crippen MR) is 78.3 cm³/mol. The van der Waals surface area contributed by atoms with Gasteiger partial charge >= 0.3 is 0 Å². The molecular formula is C13H21N3O3S. The highest BCUT2D eigenvalue weighted by molar-refractivity contribution is 7.98. The van der Waals surface area contributed by atoms with Crippen LogP contribution in [0.5, 0.6) is 0 Å². The van der Waals surface area contributed by atoms with E-state index in [0.717, 1.165) is 18.0 Å². The van der Waals surface area contributed by atoms with Gasteiger partial charge in [-0.15, -0.1) is 11.8 Å². The molecule has 1 saturated heterocycles. The Morgan fingerprint density at radius 1 is 1.50 bits per heavy atom. The van der Waals surface area contributed by atoms with Crippen LogP contribution in [0.3, 0.4) is 0 Å². The van der Waals surface area contributed by atoms with Crippen LogP contribution in [-0.2, 0) is 9.47 Å². The van der Waals surface area contributed by atoms with E-state index in [0.29, 0.717) is 25.7 Å². The number of hydrogen-bond acceptors (Lipinski definition) is 7. The highest BCUT2D eigenvalue weighted by Gasteiger charge is 2.29. The standard InChI is InChI=1S/C13H21N3O3S/c1-18-7-8-19-11-4-6-16(9-10(11)17)13-14-5-3-12(15-13)20-2/h3,5,10-11,17H,4,6-9H2,1-2H3/t10-,11+/m1/s1. The van der Waals surface area contributed by atoms with Crippen LogP contribution in [0.15, 0.2) is 17.3 Å². The first kappa shape index (κ1) is 15.5. The molecule has 1 aliphatic rings. The Hall–Kier alpha value is -0.890. The topological polar surface area (TPSA) is 67.7 Å². The van der Waals surface area contributed by atoms with E-state index in [-0.39, 0.29) is 6.10 Å². The van der Waals surface area contributed by atoms with E-state index in [4.69, 9.17) is 9.47 Å². The molecule has 0 aliphatic carbocycles. The highest BCUT2D eigenvalue weighted by Crippen LogP contribution is 2.20. The lowest BCUT2D eigenvalue weighted by Gasteiger charge is -2.35. The highest BCUT2D eigenvalue weighted by atomic mass is 32.2. The van der Waals surface area contributed by atoms with E-state index in [2.05, 4.69) is 9.97 Å². The van der Waals surface area contributed by atoms with Gasteiger partial charge in [0.2, 0.25) is 5.95 Å². The molecule has 0 spiro atoms. The van der Waals surface area contributed by atoms with Gasteiger partial charge in [-0.1, -0.05) is 0 Å². The van der Waals surface area contributed by atoms with Crippen molar-refractivity contribution in [3.63, 3.8) is 0 Å². The SMILES string of the molecule is COCCO[C@H]1CCN(c2nccc(SC)n2)C[C@H]1O. The van der Waals surface area contributed by atoms with Crippen molar-refractivity contribution in [3.05, 3.63) is 12.3 Å². The first-order valence-corrected chi connectivity index (χ1v) is 7.87. The number of β-amino-alcohol motifs (C(OH)–C–C–N with tert-alkyl or cyclic N) is 1. The van der Waals surface area contributed by atoms with Gasteiger partial charge in [0, 0.05) is 26.4 Å². The van der Waals surface area contributed by atoms with Crippen molar-refractivity contribution in [2.24, 2.45) is 0 Å². The zero-order valence-corrected chi connectivity index (χ0v) is 12.7. The number of aromatic nitrogens is 2. The fourth-order valence-electron chi connectivity index (χ4n) is 2.17. The average molecular weight is 299 g/mol. The fourth-order valence-corrected chi connectivity index (χ4v) is 2.54. The van der Waals surface area contributed by atoms with Gasteiger partial charge in [0.05, 0.1) is 25.4 Å². The van der Waals surface area contributed by atoms with Crippen LogP contribution in [0.25, 0.3) is 0 Å². The Morgan fingerprint density at radius 3 is 3.05 bits per heavy atom. The normalized spacial score (nSPS) is 23.1. The van der Waals surface area contributed by atoms with Crippen LogP contribution in [-0.4, -0.2) is 67.0 Å². The van der Waals surface area contributed by atoms with Crippen molar-refractivity contribution < 1.29 is 14.6 Å². The van der Waals surface area contributed by atoms with E-state index in [9.17, 15) is 5.11 Å². The smallest absolute Gasteiger partial charge is 0.226 e. The largest absolute Gasteiger partial charge is 0.389 e. The third kappa shape index (κ3) is 4.05. The second-order valence-electron chi connectivity index (χ2n) is 4.60. The summed E-state index contributed by atoms with van der Waals surface area (Å²) in [5.41, 5.74) is 0. The zero-order valence-electron chi connectivity index (χ0n) is 11.9. The molecule has 7 heteroatoms. The molecule has 20 heavy (non-hydrogen) atoms. The molecule has 0 radical (unpaired) electrons. The zero-order chi connectivity index (χ0) is 14.4. The summed E-state index contributed by atoms with van der Waals surface area (Å²) in [6, 6.07) is 1.88. The Labute approximate surface area is 123 Å². The van der Waals surface area contributed by atoms with Crippen LogP contribution in [0.4, 0.5) is 5.95 Å². The molecule has 1 aromatic heterocycles. The van der Waals surface area contributed by atoms with Crippen LogP contribution < -0.4 is 4.90 Å². The van der Waals surface area contributed by atoms with E-state index in [1.165, 1.54) is 0 Å². The minimum atomic E-state index is -0.526. The number of methoxy groups -OCH3 is 1. The molecule has 2 atom stereocenters. The van der Waals surface area contributed by atoms with E-state index >= 15 is 0 Å². The number of aliphatic hydroxyl groups excluding tert-OH is 1. The summed E-state index contributed by atoms with van der Waals surface area (Å²) in [5, 5.41) is 11.1. The summed E-state index contributed by atoms with van der Waals surface area (Å²) in [4.78, 5) is 10.7. The third-order valence-corrected chi connectivity index (χ3v) is 3.89. The Morgan fingerprint density at radius 2 is 2.35 bits per heavy atom. The summed E-state index contributed by atoms with van der Waals surface area (Å²) in [6.45, 7) is 2.34. The van der Waals surface area contributed by atoms with Gasteiger partial charge in [0.1, 0.15) is 5.03 Å². The van der Waals surface area contributed by atoms with Crippen LogP contribution >= 0.6 is 11.8 Å². The second-order valence-corrected chi connectivity index (χ2v) is 5.43. The van der Waals surface area contributed by atoms with Crippen LogP contribution in [0.1, 0.15) is 6.42 Å². The third-order valence-electron chi connectivity index (χ3n) is 3.25. The molecule has 0 saturated carbocycles. The van der Waals surface area contributed by atoms with E-state index in [1.54, 1.807) is 25.1 Å². The first-order valence-electron chi connectivity index (χ1n) is 6.65. The lowest BCUT2D eigenvalue weighted by atomic mass is 10.1. The lowest BCUT2D eigenvalue weighted by Crippen LogP contribution is -2.48. The molecule has 1 aliphatic heterocycles. The Kier molecular flexibility index (Phi) is 6.03. The molecule has 0 aromatic carbocycles. The Balaban J connectivity index is 1.91. The average Bonchev–Trinajstić information content (AvgIpc) is 2.49. The summed E-state index contributed by atoms with van der Waals surface area (Å²) in [5.74, 6) is 0.672. The Bertz CT molecular complexity index is 422. The van der Waals surface area contributed by atoms with Crippen molar-refractivity contribution in [1.29, 1.82) is 0 Å². The molecule has 6 nitrogen and oxygen atoms in total. The molecule has 1 aromatic rings. The van der Waals surface area contributed by atoms with E-state index < -0.39 is 6.10 Å². The molecule has 112 valence electrons. The van der Waals surface area contributed by atoms with Gasteiger partial charge in [0.15, 0.2) is 0 Å². The minimum absolute atomic E-state index is 0.134. The van der Waals surface area contributed by atoms with Crippen molar-refractivity contribution in [1.82, 2.24) is 9.97 Å². The van der Waals surface area contributed by atoms with Crippen molar-refractivity contribution in [2.45, 2.75) is 23.7 Å². The van der Waals surface area contributed by atoms with Gasteiger partial charge in [0.25, 0.3) is 0 Å². The number of ether oxygens (including phenoxy) is 2. The van der Waals surface area contributed by atoms with Gasteiger partial charge in [-0.05, 0) is 18.7 Å². The number of anilines is 1. The molecule has 2 heterocycles. The van der Waals surface area contributed by atoms with Gasteiger partial charge in [-0.25, -0.2) is 9.97 Å². The number of hydrogen-bond donors (Lipinski definition) is 1. The van der Waals surface area contributed by atoms with Gasteiger partial charge in [-0.3, -0.25) is 0 Å². The lowest BCUT2D eigenvalue weighted by molar-refractivity contribution is -0.0593. The van der Waals surface area contributed by atoms with Crippen LogP contribution in [0.2, 0.25) is 0 Å². The number of thioether (sulfide) groups is 1. The van der Waals surface area contributed by atoms with Crippen molar-refractivity contribution in [2.75, 3.05) is 44.6 Å². The summed E-state index contributed by atoms with van der Waals surface area (Å²) >= 11 is 1.58. The fraction of sp³-hybridized carbons (Fsp3) is 0.692. The van der Waals surface area contributed by atoms with Crippen LogP contribution in [0, 0.1) is 0 Å². The number of nitrogens with zero attached hydrogens (tertiary/aromatic N) is 3. The maximum Gasteiger partial charge on any atom is 0.226 e. The monoisotopic (exact) mass is 299 g/mol. The maximum atomic E-state index is 10.2. The maximum absolute atomic E-state index is 10.2. The molecule has 1 N–H and O–H groups in total. The second kappa shape index (κ2) is 7.78. The number of piperidine rings is 1. The minimum Gasteiger partial charge on any atom is -0.389 e. The number of rotatable bonds is 6. The molecular weight excluding hydrogens is 278 g/mol. The first-order chi connectivity index (χ1) is 9.74. The van der Waals surface area contributed by atoms with Gasteiger partial charge in [-0.2, -0.15) is 0 Å². The predicted octanol–water partition coefficient (Wildman–Crippen LogP) is 0.801. The quantitative estimate of drug-likeness (QED) is 0.473.